The average molecular weight is 284 g/mol. The maximum absolute atomic E-state index is 13.6. The normalized spacial score (nSPS) is 12.3. The fourth-order valence-electron chi connectivity index (χ4n) is 1.89. The molecule has 0 aromatic heterocycles. The molecule has 1 rings (SSSR count). The highest BCUT2D eigenvalue weighted by Crippen LogP contribution is 2.20. The summed E-state index contributed by atoms with van der Waals surface area (Å²) in [6, 6.07) is 2.95. The van der Waals surface area contributed by atoms with E-state index in [4.69, 9.17) is 5.73 Å². The van der Waals surface area contributed by atoms with E-state index in [0.29, 0.717) is 16.8 Å². The van der Waals surface area contributed by atoms with E-state index in [1.54, 1.807) is 36.7 Å². The second-order valence-corrected chi connectivity index (χ2v) is 5.52. The van der Waals surface area contributed by atoms with Crippen molar-refractivity contribution in [2.45, 2.75) is 26.3 Å². The van der Waals surface area contributed by atoms with Crippen LogP contribution in [0.25, 0.3) is 0 Å². The van der Waals surface area contributed by atoms with Gasteiger partial charge in [-0.1, -0.05) is 6.92 Å². The van der Waals surface area contributed by atoms with Gasteiger partial charge in [-0.3, -0.25) is 4.79 Å². The van der Waals surface area contributed by atoms with Gasteiger partial charge in [-0.15, -0.1) is 0 Å². The maximum Gasteiger partial charge on any atom is 0.254 e. The van der Waals surface area contributed by atoms with Crippen molar-refractivity contribution < 1.29 is 9.18 Å². The molecule has 0 bridgehead atoms. The van der Waals surface area contributed by atoms with Gasteiger partial charge in [0.05, 0.1) is 0 Å². The zero-order valence-corrected chi connectivity index (χ0v) is 12.7. The molecule has 106 valence electrons. The Labute approximate surface area is 118 Å². The number of amides is 1. The van der Waals surface area contributed by atoms with Gasteiger partial charge in [0.1, 0.15) is 5.82 Å². The summed E-state index contributed by atoms with van der Waals surface area (Å²) in [6.07, 6.45) is 2.87. The second kappa shape index (κ2) is 6.80. The van der Waals surface area contributed by atoms with Crippen LogP contribution in [0, 0.1) is 12.7 Å². The van der Waals surface area contributed by atoms with Gasteiger partial charge in [-0.05, 0) is 31.7 Å². The van der Waals surface area contributed by atoms with Crippen molar-refractivity contribution in [2.75, 3.05) is 24.8 Å². The number of nitrogens with zero attached hydrogens (tertiary/aromatic N) is 1. The van der Waals surface area contributed by atoms with E-state index in [1.165, 1.54) is 6.07 Å². The molecule has 19 heavy (non-hydrogen) atoms. The number of halogens is 1. The highest BCUT2D eigenvalue weighted by molar-refractivity contribution is 7.98. The molecular formula is C14H21FN2OS. The Morgan fingerprint density at radius 2 is 2.16 bits per heavy atom. The van der Waals surface area contributed by atoms with Crippen molar-refractivity contribution in [3.05, 3.63) is 29.1 Å². The molecule has 1 unspecified atom stereocenters. The quantitative estimate of drug-likeness (QED) is 0.846. The number of nitrogen functional groups attached to an aromatic ring is 1. The molecule has 0 fully saturated rings. The van der Waals surface area contributed by atoms with E-state index in [-0.39, 0.29) is 11.9 Å². The fraction of sp³-hybridized carbons (Fsp3) is 0.500. The number of hydrogen-bond donors (Lipinski definition) is 1. The molecule has 1 aromatic carbocycles. The molecule has 1 amide bonds. The largest absolute Gasteiger partial charge is 0.398 e. The lowest BCUT2D eigenvalue weighted by molar-refractivity contribution is 0.0743. The molecule has 0 aliphatic carbocycles. The Balaban J connectivity index is 2.99. The number of carbonyl (C=O) groups excluding carboxylic acids is 1. The first-order valence-corrected chi connectivity index (χ1v) is 7.63. The van der Waals surface area contributed by atoms with Gasteiger partial charge in [0.2, 0.25) is 0 Å². The van der Waals surface area contributed by atoms with Crippen molar-refractivity contribution in [3.63, 3.8) is 0 Å². The van der Waals surface area contributed by atoms with E-state index in [1.807, 2.05) is 13.2 Å². The smallest absolute Gasteiger partial charge is 0.254 e. The van der Waals surface area contributed by atoms with Crippen LogP contribution in [0.3, 0.4) is 0 Å². The molecule has 0 saturated heterocycles. The predicted molar refractivity (Wildman–Crippen MR) is 80.1 cm³/mol. The van der Waals surface area contributed by atoms with Crippen LogP contribution in [0.4, 0.5) is 10.1 Å². The first-order chi connectivity index (χ1) is 8.92. The summed E-state index contributed by atoms with van der Waals surface area (Å²) < 4.78 is 13.6. The van der Waals surface area contributed by atoms with E-state index in [0.717, 1.165) is 12.2 Å². The summed E-state index contributed by atoms with van der Waals surface area (Å²) in [5, 5.41) is 0. The van der Waals surface area contributed by atoms with Crippen LogP contribution in [-0.4, -0.2) is 35.9 Å². The molecule has 5 heteroatoms. The number of hydrogen-bond acceptors (Lipinski definition) is 3. The Hall–Kier alpha value is -1.23. The Bertz CT molecular complexity index is 442. The Kier molecular flexibility index (Phi) is 5.66. The zero-order valence-electron chi connectivity index (χ0n) is 11.9. The Morgan fingerprint density at radius 3 is 2.63 bits per heavy atom. The molecule has 0 aliphatic heterocycles. The van der Waals surface area contributed by atoms with Crippen molar-refractivity contribution in [1.29, 1.82) is 0 Å². The van der Waals surface area contributed by atoms with Gasteiger partial charge >= 0.3 is 0 Å². The van der Waals surface area contributed by atoms with E-state index in [2.05, 4.69) is 0 Å². The van der Waals surface area contributed by atoms with Gasteiger partial charge in [0.15, 0.2) is 0 Å². The number of thioether (sulfide) groups is 1. The van der Waals surface area contributed by atoms with Gasteiger partial charge < -0.3 is 10.6 Å². The molecule has 0 saturated carbocycles. The summed E-state index contributed by atoms with van der Waals surface area (Å²) in [5.74, 6) is 0.240. The first-order valence-electron chi connectivity index (χ1n) is 6.24. The standard InChI is InChI=1S/C14H21FN2OS/c1-5-11(8-19-4)17(3)14(18)10-6-12(15)9(2)13(16)7-10/h6-7,11H,5,8,16H2,1-4H3. The summed E-state index contributed by atoms with van der Waals surface area (Å²) in [6.45, 7) is 3.64. The lowest BCUT2D eigenvalue weighted by Crippen LogP contribution is -2.38. The topological polar surface area (TPSA) is 46.3 Å². The van der Waals surface area contributed by atoms with Crippen LogP contribution in [0.15, 0.2) is 12.1 Å². The van der Waals surface area contributed by atoms with Crippen LogP contribution >= 0.6 is 11.8 Å². The van der Waals surface area contributed by atoms with Crippen molar-refractivity contribution in [1.82, 2.24) is 4.90 Å². The van der Waals surface area contributed by atoms with Gasteiger partial charge in [-0.2, -0.15) is 11.8 Å². The molecule has 3 nitrogen and oxygen atoms in total. The monoisotopic (exact) mass is 284 g/mol. The van der Waals surface area contributed by atoms with Crippen LogP contribution in [0.2, 0.25) is 0 Å². The van der Waals surface area contributed by atoms with Crippen LogP contribution in [0.1, 0.15) is 29.3 Å². The van der Waals surface area contributed by atoms with Crippen molar-refractivity contribution in [3.8, 4) is 0 Å². The summed E-state index contributed by atoms with van der Waals surface area (Å²) in [5.41, 5.74) is 6.72. The Morgan fingerprint density at radius 1 is 1.53 bits per heavy atom. The first kappa shape index (κ1) is 15.8. The molecular weight excluding hydrogens is 263 g/mol. The highest BCUT2D eigenvalue weighted by atomic mass is 32.2. The van der Waals surface area contributed by atoms with Gasteiger partial charge in [0, 0.05) is 35.7 Å². The third-order valence-electron chi connectivity index (χ3n) is 3.33. The summed E-state index contributed by atoms with van der Waals surface area (Å²) in [4.78, 5) is 14.0. The minimum absolute atomic E-state index is 0.146. The number of carbonyl (C=O) groups is 1. The third kappa shape index (κ3) is 3.62. The molecule has 0 radical (unpaired) electrons. The van der Waals surface area contributed by atoms with Crippen LogP contribution in [0.5, 0.6) is 0 Å². The van der Waals surface area contributed by atoms with Crippen LogP contribution < -0.4 is 5.73 Å². The molecule has 0 spiro atoms. The highest BCUT2D eigenvalue weighted by Gasteiger charge is 2.20. The molecule has 2 N–H and O–H groups in total. The summed E-state index contributed by atoms with van der Waals surface area (Å²) >= 11 is 1.69. The SMILES string of the molecule is CCC(CSC)N(C)C(=O)c1cc(N)c(C)c(F)c1. The minimum atomic E-state index is -0.435. The fourth-order valence-corrected chi connectivity index (χ4v) is 2.73. The van der Waals surface area contributed by atoms with Crippen molar-refractivity contribution in [2.24, 2.45) is 0 Å². The van der Waals surface area contributed by atoms with E-state index in [9.17, 15) is 9.18 Å². The second-order valence-electron chi connectivity index (χ2n) is 4.61. The summed E-state index contributed by atoms with van der Waals surface area (Å²) in [7, 11) is 1.75. The molecule has 0 aliphatic rings. The van der Waals surface area contributed by atoms with Crippen molar-refractivity contribution >= 4 is 23.4 Å². The number of rotatable bonds is 5. The van der Waals surface area contributed by atoms with Gasteiger partial charge in [0.25, 0.3) is 5.91 Å². The molecule has 1 atom stereocenters. The number of anilines is 1. The third-order valence-corrected chi connectivity index (χ3v) is 4.05. The lowest BCUT2D eigenvalue weighted by atomic mass is 10.1. The van der Waals surface area contributed by atoms with E-state index < -0.39 is 5.82 Å². The lowest BCUT2D eigenvalue weighted by Gasteiger charge is -2.27. The maximum atomic E-state index is 13.6. The minimum Gasteiger partial charge on any atom is -0.398 e. The van der Waals surface area contributed by atoms with Crippen LogP contribution in [-0.2, 0) is 0 Å². The zero-order chi connectivity index (χ0) is 14.6. The number of nitrogens with two attached hydrogens (primary N) is 1. The van der Waals surface area contributed by atoms with E-state index >= 15 is 0 Å². The molecule has 1 aromatic rings. The average Bonchev–Trinajstić information content (AvgIpc) is 2.39. The number of benzene rings is 1. The van der Waals surface area contributed by atoms with Gasteiger partial charge in [-0.25, -0.2) is 4.39 Å². The molecule has 0 heterocycles. The predicted octanol–water partition coefficient (Wildman–Crippen LogP) is 2.93.